The zero-order chi connectivity index (χ0) is 14.5. The van der Waals surface area contributed by atoms with Crippen LogP contribution < -0.4 is 9.47 Å². The molecule has 0 bridgehead atoms. The monoisotopic (exact) mass is 270 g/mol. The van der Waals surface area contributed by atoms with Gasteiger partial charge in [-0.15, -0.1) is 0 Å². The molecule has 3 heteroatoms. The molecular formula is C17H18O3. The van der Waals surface area contributed by atoms with Gasteiger partial charge in [-0.2, -0.15) is 0 Å². The smallest absolute Gasteiger partial charge is 0.200 e. The Kier molecular flexibility index (Phi) is 4.41. The molecule has 0 fully saturated rings. The van der Waals surface area contributed by atoms with Crippen LogP contribution >= 0.6 is 0 Å². The van der Waals surface area contributed by atoms with Gasteiger partial charge in [0.15, 0.2) is 12.4 Å². The summed E-state index contributed by atoms with van der Waals surface area (Å²) in [6.45, 7) is 4.04. The maximum Gasteiger partial charge on any atom is 0.200 e. The number of ether oxygens (including phenoxy) is 2. The molecule has 2 rings (SSSR count). The van der Waals surface area contributed by atoms with Crippen molar-refractivity contribution in [1.82, 2.24) is 0 Å². The highest BCUT2D eigenvalue weighted by atomic mass is 16.5. The summed E-state index contributed by atoms with van der Waals surface area (Å²) in [5, 5.41) is 0. The Morgan fingerprint density at radius 1 is 1.05 bits per heavy atom. The molecular weight excluding hydrogens is 252 g/mol. The highest BCUT2D eigenvalue weighted by molar-refractivity contribution is 5.97. The second-order valence-electron chi connectivity index (χ2n) is 4.71. The van der Waals surface area contributed by atoms with Crippen LogP contribution in [-0.2, 0) is 0 Å². The second kappa shape index (κ2) is 6.24. The van der Waals surface area contributed by atoms with Gasteiger partial charge in [-0.05, 0) is 49.7 Å². The number of Topliss-reactive ketones (excluding diaryl/α,β-unsaturated/α-hetero) is 1. The number of carbonyl (C=O) groups is 1. The van der Waals surface area contributed by atoms with Crippen LogP contribution in [0, 0.1) is 13.8 Å². The van der Waals surface area contributed by atoms with Crippen molar-refractivity contribution < 1.29 is 14.3 Å². The molecule has 3 nitrogen and oxygen atoms in total. The average Bonchev–Trinajstić information content (AvgIpc) is 2.46. The SMILES string of the molecule is COc1ccc(C(=O)COc2ccc(C)cc2C)cc1. The van der Waals surface area contributed by atoms with Gasteiger partial charge in [0.2, 0.25) is 0 Å². The molecule has 2 aromatic rings. The van der Waals surface area contributed by atoms with Crippen molar-refractivity contribution >= 4 is 5.78 Å². The van der Waals surface area contributed by atoms with E-state index in [1.165, 1.54) is 5.56 Å². The van der Waals surface area contributed by atoms with Gasteiger partial charge in [-0.3, -0.25) is 4.79 Å². The van der Waals surface area contributed by atoms with Crippen molar-refractivity contribution in [2.24, 2.45) is 0 Å². The van der Waals surface area contributed by atoms with E-state index in [9.17, 15) is 4.79 Å². The number of benzene rings is 2. The molecule has 0 aromatic heterocycles. The molecule has 0 heterocycles. The summed E-state index contributed by atoms with van der Waals surface area (Å²) < 4.78 is 10.6. The van der Waals surface area contributed by atoms with Gasteiger partial charge in [-0.25, -0.2) is 0 Å². The van der Waals surface area contributed by atoms with E-state index in [1.807, 2.05) is 32.0 Å². The van der Waals surface area contributed by atoms with E-state index < -0.39 is 0 Å². The first-order chi connectivity index (χ1) is 9.60. The normalized spacial score (nSPS) is 10.2. The minimum absolute atomic E-state index is 0.0379. The van der Waals surface area contributed by atoms with Crippen LogP contribution in [0.5, 0.6) is 11.5 Å². The van der Waals surface area contributed by atoms with Gasteiger partial charge < -0.3 is 9.47 Å². The topological polar surface area (TPSA) is 35.5 Å². The van der Waals surface area contributed by atoms with E-state index in [0.29, 0.717) is 5.56 Å². The van der Waals surface area contributed by atoms with Crippen LogP contribution in [0.1, 0.15) is 21.5 Å². The zero-order valence-electron chi connectivity index (χ0n) is 12.0. The van der Waals surface area contributed by atoms with E-state index in [-0.39, 0.29) is 12.4 Å². The first-order valence-electron chi connectivity index (χ1n) is 6.47. The van der Waals surface area contributed by atoms with E-state index in [2.05, 4.69) is 0 Å². The number of aryl methyl sites for hydroxylation is 2. The summed E-state index contributed by atoms with van der Waals surface area (Å²) >= 11 is 0. The Morgan fingerprint density at radius 2 is 1.75 bits per heavy atom. The van der Waals surface area contributed by atoms with Crippen LogP contribution in [0.25, 0.3) is 0 Å². The van der Waals surface area contributed by atoms with Crippen molar-refractivity contribution in [3.63, 3.8) is 0 Å². The lowest BCUT2D eigenvalue weighted by Crippen LogP contribution is -2.12. The molecule has 0 atom stereocenters. The van der Waals surface area contributed by atoms with Gasteiger partial charge in [0, 0.05) is 5.56 Å². The average molecular weight is 270 g/mol. The molecule has 0 aliphatic rings. The zero-order valence-corrected chi connectivity index (χ0v) is 12.0. The van der Waals surface area contributed by atoms with Crippen molar-refractivity contribution in [1.29, 1.82) is 0 Å². The first kappa shape index (κ1) is 14.1. The number of methoxy groups -OCH3 is 1. The highest BCUT2D eigenvalue weighted by Crippen LogP contribution is 2.19. The predicted molar refractivity (Wildman–Crippen MR) is 78.7 cm³/mol. The van der Waals surface area contributed by atoms with E-state index in [1.54, 1.807) is 31.4 Å². The number of hydrogen-bond donors (Lipinski definition) is 0. The molecule has 20 heavy (non-hydrogen) atoms. The fourth-order valence-corrected chi connectivity index (χ4v) is 1.96. The first-order valence-corrected chi connectivity index (χ1v) is 6.47. The van der Waals surface area contributed by atoms with Crippen LogP contribution in [0.3, 0.4) is 0 Å². The number of rotatable bonds is 5. The summed E-state index contributed by atoms with van der Waals surface area (Å²) in [6.07, 6.45) is 0. The van der Waals surface area contributed by atoms with Gasteiger partial charge in [0.05, 0.1) is 7.11 Å². The Balaban J connectivity index is 2.00. The van der Waals surface area contributed by atoms with Crippen molar-refractivity contribution in [3.05, 3.63) is 59.2 Å². The number of hydrogen-bond acceptors (Lipinski definition) is 3. The van der Waals surface area contributed by atoms with Crippen molar-refractivity contribution in [3.8, 4) is 11.5 Å². The Morgan fingerprint density at radius 3 is 2.35 bits per heavy atom. The molecule has 0 unspecified atom stereocenters. The van der Waals surface area contributed by atoms with Gasteiger partial charge >= 0.3 is 0 Å². The van der Waals surface area contributed by atoms with Gasteiger partial charge in [-0.1, -0.05) is 17.7 Å². The molecule has 2 aromatic carbocycles. The Labute approximate surface area is 119 Å². The molecule has 0 amide bonds. The summed E-state index contributed by atoms with van der Waals surface area (Å²) in [7, 11) is 1.60. The largest absolute Gasteiger partial charge is 0.497 e. The lowest BCUT2D eigenvalue weighted by atomic mass is 10.1. The molecule has 0 spiro atoms. The fourth-order valence-electron chi connectivity index (χ4n) is 1.96. The van der Waals surface area contributed by atoms with Gasteiger partial charge in [0.1, 0.15) is 11.5 Å². The number of ketones is 1. The molecule has 104 valence electrons. The highest BCUT2D eigenvalue weighted by Gasteiger charge is 2.08. The molecule has 0 saturated carbocycles. The van der Waals surface area contributed by atoms with E-state index in [0.717, 1.165) is 17.1 Å². The molecule has 0 radical (unpaired) electrons. The summed E-state index contributed by atoms with van der Waals surface area (Å²) in [5.74, 6) is 1.43. The third-order valence-electron chi connectivity index (χ3n) is 3.10. The van der Waals surface area contributed by atoms with Crippen LogP contribution in [0.4, 0.5) is 0 Å². The summed E-state index contributed by atoms with van der Waals surface area (Å²) in [4.78, 5) is 12.0. The minimum atomic E-state index is -0.0485. The van der Waals surface area contributed by atoms with Crippen LogP contribution in [0.15, 0.2) is 42.5 Å². The quantitative estimate of drug-likeness (QED) is 0.779. The Hall–Kier alpha value is -2.29. The lowest BCUT2D eigenvalue weighted by Gasteiger charge is -2.09. The van der Waals surface area contributed by atoms with Crippen LogP contribution in [0.2, 0.25) is 0 Å². The van der Waals surface area contributed by atoms with Crippen molar-refractivity contribution in [2.45, 2.75) is 13.8 Å². The van der Waals surface area contributed by atoms with Crippen molar-refractivity contribution in [2.75, 3.05) is 13.7 Å². The maximum atomic E-state index is 12.0. The van der Waals surface area contributed by atoms with Crippen LogP contribution in [-0.4, -0.2) is 19.5 Å². The standard InChI is InChI=1S/C17H18O3/c1-12-4-9-17(13(2)10-12)20-11-16(18)14-5-7-15(19-3)8-6-14/h4-10H,11H2,1-3H3. The number of carbonyl (C=O) groups excluding carboxylic acids is 1. The van der Waals surface area contributed by atoms with E-state index in [4.69, 9.17) is 9.47 Å². The predicted octanol–water partition coefficient (Wildman–Crippen LogP) is 3.57. The third-order valence-corrected chi connectivity index (χ3v) is 3.10. The summed E-state index contributed by atoms with van der Waals surface area (Å²) in [5.41, 5.74) is 2.83. The molecule has 0 saturated heterocycles. The summed E-state index contributed by atoms with van der Waals surface area (Å²) in [6, 6.07) is 12.9. The fraction of sp³-hybridized carbons (Fsp3) is 0.235. The van der Waals surface area contributed by atoms with Gasteiger partial charge in [0.25, 0.3) is 0 Å². The maximum absolute atomic E-state index is 12.0. The molecule has 0 N–H and O–H groups in total. The third kappa shape index (κ3) is 3.38. The lowest BCUT2D eigenvalue weighted by molar-refractivity contribution is 0.0921. The minimum Gasteiger partial charge on any atom is -0.497 e. The van der Waals surface area contributed by atoms with E-state index >= 15 is 0 Å². The Bertz CT molecular complexity index is 600. The molecule has 0 aliphatic heterocycles. The molecule has 0 aliphatic carbocycles. The second-order valence-corrected chi connectivity index (χ2v) is 4.71.